The zero-order valence-electron chi connectivity index (χ0n) is 12.3. The highest BCUT2D eigenvalue weighted by molar-refractivity contribution is 9.10. The van der Waals surface area contributed by atoms with Crippen LogP contribution < -0.4 is 10.5 Å². The van der Waals surface area contributed by atoms with Crippen molar-refractivity contribution in [1.29, 1.82) is 0 Å². The Morgan fingerprint density at radius 2 is 1.86 bits per heavy atom. The lowest BCUT2D eigenvalue weighted by atomic mass is 9.98. The van der Waals surface area contributed by atoms with Crippen LogP contribution in [0.4, 0.5) is 5.82 Å². The normalized spacial score (nSPS) is 11.5. The lowest BCUT2D eigenvalue weighted by Crippen LogP contribution is -1.96. The Hall–Kier alpha value is -1.81. The number of nitrogen functional groups attached to an aromatic ring is 1. The van der Waals surface area contributed by atoms with Crippen molar-refractivity contribution >= 4 is 43.4 Å². The zero-order valence-corrected chi connectivity index (χ0v) is 13.9. The molecule has 0 fully saturated rings. The summed E-state index contributed by atoms with van der Waals surface area (Å²) in [5.41, 5.74) is 8.30. The summed E-state index contributed by atoms with van der Waals surface area (Å²) < 4.78 is 6.26. The van der Waals surface area contributed by atoms with Crippen LogP contribution in [0.25, 0.3) is 21.7 Å². The molecule has 0 saturated heterocycles. The van der Waals surface area contributed by atoms with Gasteiger partial charge in [0.1, 0.15) is 11.6 Å². The van der Waals surface area contributed by atoms with Crippen molar-refractivity contribution in [2.45, 2.75) is 19.8 Å². The van der Waals surface area contributed by atoms with Gasteiger partial charge in [-0.15, -0.1) is 0 Å². The summed E-state index contributed by atoms with van der Waals surface area (Å²) in [7, 11) is 1.65. The minimum atomic E-state index is 0.455. The molecule has 0 radical (unpaired) electrons. The first-order valence-electron chi connectivity index (χ1n) is 6.87. The van der Waals surface area contributed by atoms with Gasteiger partial charge in [-0.3, -0.25) is 0 Å². The van der Waals surface area contributed by atoms with E-state index in [1.165, 1.54) is 5.56 Å². The summed E-state index contributed by atoms with van der Waals surface area (Å²) in [6.45, 7) is 4.37. The first kappa shape index (κ1) is 14.1. The monoisotopic (exact) mass is 344 g/mol. The molecule has 0 atom stereocenters. The molecule has 2 N–H and O–H groups in total. The number of hydrogen-bond donors (Lipinski definition) is 1. The molecule has 3 rings (SSSR count). The molecule has 0 saturated carbocycles. The van der Waals surface area contributed by atoms with Crippen molar-refractivity contribution in [3.8, 4) is 5.75 Å². The minimum Gasteiger partial charge on any atom is -0.497 e. The van der Waals surface area contributed by atoms with E-state index in [-0.39, 0.29) is 0 Å². The van der Waals surface area contributed by atoms with Gasteiger partial charge in [-0.1, -0.05) is 13.8 Å². The molecule has 3 aromatic rings. The van der Waals surface area contributed by atoms with Crippen molar-refractivity contribution in [3.63, 3.8) is 0 Å². The van der Waals surface area contributed by atoms with Gasteiger partial charge in [-0.05, 0) is 63.1 Å². The highest BCUT2D eigenvalue weighted by Crippen LogP contribution is 2.35. The fourth-order valence-corrected chi connectivity index (χ4v) is 3.12. The SMILES string of the molecule is COc1ccc2c(c1)c(N)nc1c(Br)cc(C(C)C)cc12. The lowest BCUT2D eigenvalue weighted by molar-refractivity contribution is 0.415. The number of halogens is 1. The van der Waals surface area contributed by atoms with E-state index in [2.05, 4.69) is 46.9 Å². The van der Waals surface area contributed by atoms with E-state index in [0.29, 0.717) is 11.7 Å². The Morgan fingerprint density at radius 3 is 2.52 bits per heavy atom. The summed E-state index contributed by atoms with van der Waals surface area (Å²) >= 11 is 3.62. The number of methoxy groups -OCH3 is 1. The lowest BCUT2D eigenvalue weighted by Gasteiger charge is -2.13. The van der Waals surface area contributed by atoms with Gasteiger partial charge in [-0.25, -0.2) is 4.98 Å². The molecule has 0 bridgehead atoms. The van der Waals surface area contributed by atoms with E-state index in [1.807, 2.05) is 18.2 Å². The number of fused-ring (bicyclic) bond motifs is 3. The summed E-state index contributed by atoms with van der Waals surface area (Å²) in [5, 5.41) is 3.14. The van der Waals surface area contributed by atoms with Crippen LogP contribution in [-0.2, 0) is 0 Å². The third kappa shape index (κ3) is 2.33. The van der Waals surface area contributed by atoms with Crippen LogP contribution >= 0.6 is 15.9 Å². The highest BCUT2D eigenvalue weighted by atomic mass is 79.9. The average Bonchev–Trinajstić information content (AvgIpc) is 2.47. The maximum atomic E-state index is 6.13. The predicted octanol–water partition coefficient (Wildman–Crippen LogP) is 4.86. The number of anilines is 1. The van der Waals surface area contributed by atoms with Crippen LogP contribution in [0.2, 0.25) is 0 Å². The molecule has 108 valence electrons. The van der Waals surface area contributed by atoms with E-state index < -0.39 is 0 Å². The van der Waals surface area contributed by atoms with Crippen LogP contribution in [0.3, 0.4) is 0 Å². The van der Waals surface area contributed by atoms with Gasteiger partial charge in [0.15, 0.2) is 0 Å². The first-order chi connectivity index (χ1) is 10.0. The molecule has 0 spiro atoms. The molecule has 1 heterocycles. The molecule has 0 unspecified atom stereocenters. The smallest absolute Gasteiger partial charge is 0.132 e. The van der Waals surface area contributed by atoms with Gasteiger partial charge in [0.2, 0.25) is 0 Å². The van der Waals surface area contributed by atoms with E-state index >= 15 is 0 Å². The Labute approximate surface area is 132 Å². The van der Waals surface area contributed by atoms with Crippen LogP contribution in [0.1, 0.15) is 25.3 Å². The van der Waals surface area contributed by atoms with Gasteiger partial charge >= 0.3 is 0 Å². The predicted molar refractivity (Wildman–Crippen MR) is 92.0 cm³/mol. The Kier molecular flexibility index (Phi) is 3.49. The number of nitrogens with two attached hydrogens (primary N) is 1. The molecule has 0 amide bonds. The van der Waals surface area contributed by atoms with E-state index in [0.717, 1.165) is 31.9 Å². The van der Waals surface area contributed by atoms with Gasteiger partial charge in [0, 0.05) is 15.2 Å². The molecular formula is C17H17BrN2O. The number of aromatic nitrogens is 1. The van der Waals surface area contributed by atoms with Gasteiger partial charge in [0.25, 0.3) is 0 Å². The maximum absolute atomic E-state index is 6.13. The average molecular weight is 345 g/mol. The fraction of sp³-hybridized carbons (Fsp3) is 0.235. The molecule has 0 aliphatic heterocycles. The molecule has 21 heavy (non-hydrogen) atoms. The van der Waals surface area contributed by atoms with Gasteiger partial charge in [0.05, 0.1) is 12.6 Å². The number of ether oxygens (including phenoxy) is 1. The van der Waals surface area contributed by atoms with Crippen LogP contribution in [0, 0.1) is 0 Å². The van der Waals surface area contributed by atoms with E-state index in [1.54, 1.807) is 7.11 Å². The van der Waals surface area contributed by atoms with Crippen LogP contribution in [-0.4, -0.2) is 12.1 Å². The fourth-order valence-electron chi connectivity index (χ4n) is 2.55. The Bertz CT molecular complexity index is 843. The first-order valence-corrected chi connectivity index (χ1v) is 7.67. The summed E-state index contributed by atoms with van der Waals surface area (Å²) in [6, 6.07) is 10.3. The van der Waals surface area contributed by atoms with Gasteiger partial charge < -0.3 is 10.5 Å². The van der Waals surface area contributed by atoms with E-state index in [4.69, 9.17) is 10.5 Å². The summed E-state index contributed by atoms with van der Waals surface area (Å²) in [5.74, 6) is 1.76. The number of nitrogens with zero attached hydrogens (tertiary/aromatic N) is 1. The molecule has 2 aromatic carbocycles. The van der Waals surface area contributed by atoms with Crippen LogP contribution in [0.5, 0.6) is 5.75 Å². The molecule has 0 aliphatic rings. The molecule has 4 heteroatoms. The van der Waals surface area contributed by atoms with Crippen molar-refractivity contribution in [2.24, 2.45) is 0 Å². The number of pyridine rings is 1. The number of rotatable bonds is 2. The largest absolute Gasteiger partial charge is 0.497 e. The van der Waals surface area contributed by atoms with Crippen molar-refractivity contribution in [1.82, 2.24) is 4.98 Å². The molecule has 1 aromatic heterocycles. The standard InChI is InChI=1S/C17H17BrN2O/c1-9(2)10-6-13-12-5-4-11(21-3)8-14(12)17(19)20-16(13)15(18)7-10/h4-9H,1-3H3,(H2,19,20). The highest BCUT2D eigenvalue weighted by Gasteiger charge is 2.12. The summed E-state index contributed by atoms with van der Waals surface area (Å²) in [4.78, 5) is 4.55. The van der Waals surface area contributed by atoms with Crippen LogP contribution in [0.15, 0.2) is 34.8 Å². The second-order valence-corrected chi connectivity index (χ2v) is 6.32. The van der Waals surface area contributed by atoms with Crippen molar-refractivity contribution in [3.05, 3.63) is 40.4 Å². The molecule has 3 nitrogen and oxygen atoms in total. The Balaban J connectivity index is 2.45. The third-order valence-corrected chi connectivity index (χ3v) is 4.38. The second kappa shape index (κ2) is 5.19. The quantitative estimate of drug-likeness (QED) is 0.675. The van der Waals surface area contributed by atoms with Crippen molar-refractivity contribution in [2.75, 3.05) is 12.8 Å². The van der Waals surface area contributed by atoms with Crippen molar-refractivity contribution < 1.29 is 4.74 Å². The molecule has 0 aliphatic carbocycles. The summed E-state index contributed by atoms with van der Waals surface area (Å²) in [6.07, 6.45) is 0. The zero-order chi connectivity index (χ0) is 15.1. The number of hydrogen-bond acceptors (Lipinski definition) is 3. The molecular weight excluding hydrogens is 328 g/mol. The van der Waals surface area contributed by atoms with Gasteiger partial charge in [-0.2, -0.15) is 0 Å². The topological polar surface area (TPSA) is 48.1 Å². The van der Waals surface area contributed by atoms with E-state index in [9.17, 15) is 0 Å². The Morgan fingerprint density at radius 1 is 1.10 bits per heavy atom. The third-order valence-electron chi connectivity index (χ3n) is 3.78. The maximum Gasteiger partial charge on any atom is 0.132 e. The second-order valence-electron chi connectivity index (χ2n) is 5.46. The number of benzene rings is 2. The minimum absolute atomic E-state index is 0.455.